The van der Waals surface area contributed by atoms with E-state index in [-0.39, 0.29) is 0 Å². The molecule has 0 spiro atoms. The van der Waals surface area contributed by atoms with Crippen molar-refractivity contribution in [2.24, 2.45) is 5.92 Å². The van der Waals surface area contributed by atoms with E-state index in [1.54, 1.807) is 6.07 Å². The summed E-state index contributed by atoms with van der Waals surface area (Å²) in [5, 5.41) is 9.00. The van der Waals surface area contributed by atoms with Gasteiger partial charge in [-0.2, -0.15) is 5.26 Å². The third-order valence-electron chi connectivity index (χ3n) is 3.89. The fourth-order valence-electron chi connectivity index (χ4n) is 2.82. The first-order valence-corrected chi connectivity index (χ1v) is 7.16. The highest BCUT2D eigenvalue weighted by Gasteiger charge is 2.18. The minimum absolute atomic E-state index is 0.340. The minimum Gasteiger partial charge on any atom is -0.396 e. The number of nitrogen functional groups attached to an aromatic ring is 1. The molecule has 1 saturated heterocycles. The molecule has 2 heterocycles. The summed E-state index contributed by atoms with van der Waals surface area (Å²) in [7, 11) is 0. The smallest absolute Gasteiger partial charge is 0.165 e. The highest BCUT2D eigenvalue weighted by atomic mass is 15.2. The van der Waals surface area contributed by atoms with Gasteiger partial charge in [0.25, 0.3) is 0 Å². The number of rotatable bonds is 3. The standard InChI is InChI=1S/C15H22N4/c1-2-4-12-5-3-9-19(10-8-12)15-7-6-13(17)14(11-16)18-15/h6-7,12H,2-5,8-10,17H2,1H3. The molecule has 0 amide bonds. The van der Waals surface area contributed by atoms with Gasteiger partial charge in [-0.3, -0.25) is 0 Å². The van der Waals surface area contributed by atoms with Crippen LogP contribution in [-0.4, -0.2) is 18.1 Å². The van der Waals surface area contributed by atoms with Gasteiger partial charge in [0.2, 0.25) is 0 Å². The van der Waals surface area contributed by atoms with E-state index in [9.17, 15) is 0 Å². The van der Waals surface area contributed by atoms with Crippen LogP contribution in [0.4, 0.5) is 11.5 Å². The minimum atomic E-state index is 0.340. The average molecular weight is 258 g/mol. The lowest BCUT2D eigenvalue weighted by atomic mass is 9.96. The maximum atomic E-state index is 9.00. The lowest BCUT2D eigenvalue weighted by Crippen LogP contribution is -2.25. The molecule has 0 radical (unpaired) electrons. The molecule has 2 N–H and O–H groups in total. The van der Waals surface area contributed by atoms with Gasteiger partial charge < -0.3 is 10.6 Å². The molecular formula is C15H22N4. The van der Waals surface area contributed by atoms with Crippen molar-refractivity contribution in [3.05, 3.63) is 17.8 Å². The van der Waals surface area contributed by atoms with E-state index in [4.69, 9.17) is 11.0 Å². The fourth-order valence-corrected chi connectivity index (χ4v) is 2.82. The van der Waals surface area contributed by atoms with Gasteiger partial charge in [-0.1, -0.05) is 19.8 Å². The first-order chi connectivity index (χ1) is 9.24. The number of anilines is 2. The Labute approximate surface area is 115 Å². The SMILES string of the molecule is CCCC1CCCN(c2ccc(N)c(C#N)n2)CC1. The van der Waals surface area contributed by atoms with Gasteiger partial charge in [0.15, 0.2) is 5.69 Å². The maximum absolute atomic E-state index is 9.00. The molecule has 1 aliphatic rings. The number of nitriles is 1. The second-order valence-corrected chi connectivity index (χ2v) is 5.29. The molecule has 1 fully saturated rings. The highest BCUT2D eigenvalue weighted by Crippen LogP contribution is 2.25. The Balaban J connectivity index is 2.08. The Morgan fingerprint density at radius 1 is 1.42 bits per heavy atom. The Morgan fingerprint density at radius 2 is 2.26 bits per heavy atom. The summed E-state index contributed by atoms with van der Waals surface area (Å²) in [5.41, 5.74) is 6.52. The van der Waals surface area contributed by atoms with Crippen LogP contribution in [0.25, 0.3) is 0 Å². The number of nitrogens with two attached hydrogens (primary N) is 1. The summed E-state index contributed by atoms with van der Waals surface area (Å²) in [4.78, 5) is 6.65. The van der Waals surface area contributed by atoms with Crippen LogP contribution in [0, 0.1) is 17.2 Å². The topological polar surface area (TPSA) is 65.9 Å². The van der Waals surface area contributed by atoms with E-state index < -0.39 is 0 Å². The van der Waals surface area contributed by atoms with E-state index in [1.807, 2.05) is 6.07 Å². The van der Waals surface area contributed by atoms with Crippen LogP contribution in [0.2, 0.25) is 0 Å². The number of hydrogen-bond acceptors (Lipinski definition) is 4. The quantitative estimate of drug-likeness (QED) is 0.905. The third-order valence-corrected chi connectivity index (χ3v) is 3.89. The van der Waals surface area contributed by atoms with E-state index in [1.165, 1.54) is 32.1 Å². The van der Waals surface area contributed by atoms with Crippen molar-refractivity contribution in [1.82, 2.24) is 4.98 Å². The fraction of sp³-hybridized carbons (Fsp3) is 0.600. The Kier molecular flexibility index (Phi) is 4.62. The zero-order valence-corrected chi connectivity index (χ0v) is 11.6. The summed E-state index contributed by atoms with van der Waals surface area (Å²) < 4.78 is 0. The van der Waals surface area contributed by atoms with E-state index in [0.717, 1.165) is 24.8 Å². The van der Waals surface area contributed by atoms with Crippen LogP contribution in [0.15, 0.2) is 12.1 Å². The summed E-state index contributed by atoms with van der Waals surface area (Å²) in [6.07, 6.45) is 6.33. The van der Waals surface area contributed by atoms with Crippen molar-refractivity contribution in [2.75, 3.05) is 23.7 Å². The largest absolute Gasteiger partial charge is 0.396 e. The van der Waals surface area contributed by atoms with Crippen LogP contribution >= 0.6 is 0 Å². The molecule has 2 rings (SSSR count). The predicted molar refractivity (Wildman–Crippen MR) is 77.8 cm³/mol. The van der Waals surface area contributed by atoms with Gasteiger partial charge in [-0.05, 0) is 37.3 Å². The monoisotopic (exact) mass is 258 g/mol. The predicted octanol–water partition coefficient (Wildman–Crippen LogP) is 2.94. The van der Waals surface area contributed by atoms with Crippen molar-refractivity contribution in [1.29, 1.82) is 5.26 Å². The molecule has 19 heavy (non-hydrogen) atoms. The van der Waals surface area contributed by atoms with Gasteiger partial charge in [0.05, 0.1) is 5.69 Å². The Bertz CT molecular complexity index is 464. The number of pyridine rings is 1. The zero-order chi connectivity index (χ0) is 13.7. The maximum Gasteiger partial charge on any atom is 0.165 e. The van der Waals surface area contributed by atoms with E-state index in [0.29, 0.717) is 11.4 Å². The van der Waals surface area contributed by atoms with Gasteiger partial charge in [-0.25, -0.2) is 4.98 Å². The molecule has 1 aromatic rings. The van der Waals surface area contributed by atoms with Crippen molar-refractivity contribution in [3.63, 3.8) is 0 Å². The van der Waals surface area contributed by atoms with Gasteiger partial charge in [-0.15, -0.1) is 0 Å². The molecule has 0 bridgehead atoms. The van der Waals surface area contributed by atoms with Crippen LogP contribution < -0.4 is 10.6 Å². The molecule has 102 valence electrons. The lowest BCUT2D eigenvalue weighted by molar-refractivity contribution is 0.435. The van der Waals surface area contributed by atoms with Gasteiger partial charge >= 0.3 is 0 Å². The molecule has 0 aliphatic carbocycles. The third kappa shape index (κ3) is 3.37. The summed E-state index contributed by atoms with van der Waals surface area (Å²) in [6, 6.07) is 5.77. The van der Waals surface area contributed by atoms with Gasteiger partial charge in [0, 0.05) is 13.1 Å². The van der Waals surface area contributed by atoms with Crippen molar-refractivity contribution >= 4 is 11.5 Å². The Hall–Kier alpha value is -1.76. The van der Waals surface area contributed by atoms with E-state index >= 15 is 0 Å². The molecule has 0 aromatic carbocycles. The van der Waals surface area contributed by atoms with E-state index in [2.05, 4.69) is 22.9 Å². The summed E-state index contributed by atoms with van der Waals surface area (Å²) in [6.45, 7) is 4.32. The molecular weight excluding hydrogens is 236 g/mol. The molecule has 1 aromatic heterocycles. The number of hydrogen-bond donors (Lipinski definition) is 1. The van der Waals surface area contributed by atoms with Crippen LogP contribution in [-0.2, 0) is 0 Å². The van der Waals surface area contributed by atoms with Crippen molar-refractivity contribution in [3.8, 4) is 6.07 Å². The van der Waals surface area contributed by atoms with Crippen molar-refractivity contribution in [2.45, 2.75) is 39.0 Å². The van der Waals surface area contributed by atoms with Crippen LogP contribution in [0.1, 0.15) is 44.7 Å². The summed E-state index contributed by atoms with van der Waals surface area (Å²) >= 11 is 0. The lowest BCUT2D eigenvalue weighted by Gasteiger charge is -2.22. The second-order valence-electron chi connectivity index (χ2n) is 5.29. The zero-order valence-electron chi connectivity index (χ0n) is 11.6. The van der Waals surface area contributed by atoms with Crippen LogP contribution in [0.5, 0.6) is 0 Å². The number of nitrogens with zero attached hydrogens (tertiary/aromatic N) is 3. The first-order valence-electron chi connectivity index (χ1n) is 7.16. The normalized spacial score (nSPS) is 19.8. The molecule has 4 heteroatoms. The molecule has 1 atom stereocenters. The number of aromatic nitrogens is 1. The van der Waals surface area contributed by atoms with Crippen LogP contribution in [0.3, 0.4) is 0 Å². The highest BCUT2D eigenvalue weighted by molar-refractivity contribution is 5.55. The first kappa shape index (κ1) is 13.7. The molecule has 0 saturated carbocycles. The Morgan fingerprint density at radius 3 is 3.00 bits per heavy atom. The molecule has 1 aliphatic heterocycles. The average Bonchev–Trinajstić information content (AvgIpc) is 2.66. The molecule has 4 nitrogen and oxygen atoms in total. The van der Waals surface area contributed by atoms with Gasteiger partial charge in [0.1, 0.15) is 11.9 Å². The summed E-state index contributed by atoms with van der Waals surface area (Å²) in [5.74, 6) is 1.74. The molecule has 1 unspecified atom stereocenters. The van der Waals surface area contributed by atoms with Crippen molar-refractivity contribution < 1.29 is 0 Å². The second kappa shape index (κ2) is 6.42.